The maximum atomic E-state index is 4.45. The minimum atomic E-state index is 0.877. The van der Waals surface area contributed by atoms with E-state index < -0.39 is 0 Å². The third-order valence-corrected chi connectivity index (χ3v) is 4.15. The molecule has 3 rings (SSSR count). The van der Waals surface area contributed by atoms with Gasteiger partial charge in [0.05, 0.1) is 0 Å². The highest BCUT2D eigenvalue weighted by Crippen LogP contribution is 2.27. The van der Waals surface area contributed by atoms with Crippen molar-refractivity contribution in [2.24, 2.45) is 0 Å². The summed E-state index contributed by atoms with van der Waals surface area (Å²) in [6.45, 7) is 10.5. The molecule has 5 heteroatoms. The molecule has 0 bridgehead atoms. The second-order valence-electron chi connectivity index (χ2n) is 5.57. The Bertz CT molecular complexity index is 773. The van der Waals surface area contributed by atoms with Crippen LogP contribution in [0.5, 0.6) is 0 Å². The quantitative estimate of drug-likeness (QED) is 0.734. The van der Waals surface area contributed by atoms with Gasteiger partial charge in [0.2, 0.25) is 0 Å². The zero-order chi connectivity index (χ0) is 15.5. The molecule has 22 heavy (non-hydrogen) atoms. The van der Waals surface area contributed by atoms with Crippen molar-refractivity contribution < 1.29 is 0 Å². The maximum Gasteiger partial charge on any atom is 0.153 e. The van der Waals surface area contributed by atoms with Gasteiger partial charge in [0.1, 0.15) is 17.4 Å². The Morgan fingerprint density at radius 2 is 2.00 bits per heavy atom. The molecule has 0 radical (unpaired) electrons. The van der Waals surface area contributed by atoms with Gasteiger partial charge in [-0.15, -0.1) is 0 Å². The predicted molar refractivity (Wildman–Crippen MR) is 92.4 cm³/mol. The average molecular weight is 297 g/mol. The van der Waals surface area contributed by atoms with E-state index in [1.807, 2.05) is 0 Å². The molecule has 3 aromatic rings. The molecular formula is C17H23N5. The number of nitrogens with zero attached hydrogens (tertiary/aromatic N) is 3. The molecule has 0 amide bonds. The minimum absolute atomic E-state index is 0.877. The summed E-state index contributed by atoms with van der Waals surface area (Å²) in [4.78, 5) is 14.7. The van der Waals surface area contributed by atoms with Crippen molar-refractivity contribution in [2.45, 2.75) is 20.8 Å². The van der Waals surface area contributed by atoms with E-state index in [-0.39, 0.29) is 0 Å². The monoisotopic (exact) mass is 297 g/mol. The molecule has 2 aromatic heterocycles. The number of nitrogens with one attached hydrogen (secondary N) is 2. The lowest BCUT2D eigenvalue weighted by Gasteiger charge is -2.18. The number of hydrogen-bond acceptors (Lipinski definition) is 4. The zero-order valence-electron chi connectivity index (χ0n) is 13.5. The first-order valence-corrected chi connectivity index (χ1v) is 7.92. The fourth-order valence-corrected chi connectivity index (χ4v) is 2.81. The van der Waals surface area contributed by atoms with E-state index in [9.17, 15) is 0 Å². The summed E-state index contributed by atoms with van der Waals surface area (Å²) in [5.74, 6) is 0.881. The molecule has 0 aliphatic rings. The van der Waals surface area contributed by atoms with E-state index in [1.54, 1.807) is 6.33 Å². The van der Waals surface area contributed by atoms with Crippen molar-refractivity contribution in [2.75, 3.05) is 31.5 Å². The third-order valence-electron chi connectivity index (χ3n) is 4.15. The van der Waals surface area contributed by atoms with E-state index in [0.717, 1.165) is 53.9 Å². The molecule has 0 unspecified atom stereocenters. The topological polar surface area (TPSA) is 56.8 Å². The first-order chi connectivity index (χ1) is 10.7. The van der Waals surface area contributed by atoms with Crippen molar-refractivity contribution in [3.05, 3.63) is 30.1 Å². The van der Waals surface area contributed by atoms with Gasteiger partial charge in [-0.3, -0.25) is 0 Å². The summed E-state index contributed by atoms with van der Waals surface area (Å²) < 4.78 is 0. The Morgan fingerprint density at radius 3 is 2.77 bits per heavy atom. The van der Waals surface area contributed by atoms with E-state index >= 15 is 0 Å². The van der Waals surface area contributed by atoms with Gasteiger partial charge in [-0.1, -0.05) is 25.5 Å². The number of benzene rings is 1. The van der Waals surface area contributed by atoms with E-state index in [4.69, 9.17) is 0 Å². The SMILES string of the molecule is CCN(CC)CCNc1ncnc2c1[nH]c1ccc(C)cc12. The molecule has 0 aliphatic heterocycles. The fraction of sp³-hybridized carbons (Fsp3) is 0.412. The van der Waals surface area contributed by atoms with Crippen LogP contribution in [-0.4, -0.2) is 46.0 Å². The number of hydrogen-bond donors (Lipinski definition) is 2. The smallest absolute Gasteiger partial charge is 0.153 e. The molecule has 0 atom stereocenters. The van der Waals surface area contributed by atoms with Gasteiger partial charge < -0.3 is 15.2 Å². The molecule has 2 heterocycles. The van der Waals surface area contributed by atoms with Gasteiger partial charge in [0, 0.05) is 24.0 Å². The summed E-state index contributed by atoms with van der Waals surface area (Å²) in [6.07, 6.45) is 1.64. The number of likely N-dealkylation sites (N-methyl/N-ethyl adjacent to an activating group) is 1. The van der Waals surface area contributed by atoms with Gasteiger partial charge in [-0.2, -0.15) is 0 Å². The van der Waals surface area contributed by atoms with Gasteiger partial charge in [-0.05, 0) is 32.1 Å². The molecule has 0 spiro atoms. The Kier molecular flexibility index (Phi) is 4.24. The summed E-state index contributed by atoms with van der Waals surface area (Å²) in [5, 5.41) is 4.59. The first kappa shape index (κ1) is 14.8. The van der Waals surface area contributed by atoms with Crippen molar-refractivity contribution in [3.63, 3.8) is 0 Å². The molecule has 2 N–H and O–H groups in total. The maximum absolute atomic E-state index is 4.45. The molecule has 0 saturated carbocycles. The van der Waals surface area contributed by atoms with Crippen molar-refractivity contribution in [3.8, 4) is 0 Å². The summed E-state index contributed by atoms with van der Waals surface area (Å²) in [7, 11) is 0. The van der Waals surface area contributed by atoms with Crippen molar-refractivity contribution >= 4 is 27.8 Å². The van der Waals surface area contributed by atoms with Crippen LogP contribution < -0.4 is 5.32 Å². The van der Waals surface area contributed by atoms with Crippen LogP contribution in [0, 0.1) is 6.92 Å². The van der Waals surface area contributed by atoms with Crippen LogP contribution in [0.25, 0.3) is 21.9 Å². The highest BCUT2D eigenvalue weighted by atomic mass is 15.1. The Morgan fingerprint density at radius 1 is 1.18 bits per heavy atom. The second kappa shape index (κ2) is 6.32. The third kappa shape index (κ3) is 2.76. The second-order valence-corrected chi connectivity index (χ2v) is 5.57. The summed E-state index contributed by atoms with van der Waals surface area (Å²) in [6, 6.07) is 6.38. The lowest BCUT2D eigenvalue weighted by molar-refractivity contribution is 0.316. The number of aromatic amines is 1. The van der Waals surface area contributed by atoms with E-state index in [2.05, 4.69) is 64.1 Å². The van der Waals surface area contributed by atoms with Gasteiger partial charge in [-0.25, -0.2) is 9.97 Å². The Labute approximate surface area is 130 Å². The number of anilines is 1. The number of H-pyrrole nitrogens is 1. The van der Waals surface area contributed by atoms with Crippen molar-refractivity contribution in [1.82, 2.24) is 19.9 Å². The predicted octanol–water partition coefficient (Wildman–Crippen LogP) is 3.17. The van der Waals surface area contributed by atoms with Crippen LogP contribution in [-0.2, 0) is 0 Å². The van der Waals surface area contributed by atoms with Crippen LogP contribution in [0.1, 0.15) is 19.4 Å². The number of rotatable bonds is 6. The first-order valence-electron chi connectivity index (χ1n) is 7.92. The van der Waals surface area contributed by atoms with Gasteiger partial charge in [0.25, 0.3) is 0 Å². The Hall–Kier alpha value is -2.14. The molecule has 5 nitrogen and oxygen atoms in total. The lowest BCUT2D eigenvalue weighted by atomic mass is 10.1. The van der Waals surface area contributed by atoms with E-state index in [1.165, 1.54) is 5.56 Å². The largest absolute Gasteiger partial charge is 0.367 e. The van der Waals surface area contributed by atoms with E-state index in [0.29, 0.717) is 0 Å². The van der Waals surface area contributed by atoms with Crippen molar-refractivity contribution in [1.29, 1.82) is 0 Å². The van der Waals surface area contributed by atoms with Crippen LogP contribution in [0.4, 0.5) is 5.82 Å². The summed E-state index contributed by atoms with van der Waals surface area (Å²) >= 11 is 0. The average Bonchev–Trinajstić information content (AvgIpc) is 2.90. The van der Waals surface area contributed by atoms with Crippen LogP contribution in [0.3, 0.4) is 0 Å². The molecule has 0 saturated heterocycles. The molecule has 1 aromatic carbocycles. The van der Waals surface area contributed by atoms with Crippen LogP contribution >= 0.6 is 0 Å². The molecule has 116 valence electrons. The zero-order valence-corrected chi connectivity index (χ0v) is 13.5. The number of aryl methyl sites for hydroxylation is 1. The molecule has 0 fully saturated rings. The highest BCUT2D eigenvalue weighted by molar-refractivity contribution is 6.08. The minimum Gasteiger partial charge on any atom is -0.367 e. The summed E-state index contributed by atoms with van der Waals surface area (Å²) in [5.41, 5.74) is 4.32. The van der Waals surface area contributed by atoms with Gasteiger partial charge >= 0.3 is 0 Å². The molecule has 0 aliphatic carbocycles. The van der Waals surface area contributed by atoms with Gasteiger partial charge in [0.15, 0.2) is 5.82 Å². The lowest BCUT2D eigenvalue weighted by Crippen LogP contribution is -2.28. The normalized spacial score (nSPS) is 11.6. The highest BCUT2D eigenvalue weighted by Gasteiger charge is 2.10. The standard InChI is InChI=1S/C17H23N5/c1-4-22(5-2)9-8-18-17-16-15(19-11-20-17)13-10-12(3)6-7-14(13)21-16/h6-7,10-11,21H,4-5,8-9H2,1-3H3,(H,18,19,20). The Balaban J connectivity index is 1.89. The number of fused-ring (bicyclic) bond motifs is 3. The van der Waals surface area contributed by atoms with Crippen LogP contribution in [0.2, 0.25) is 0 Å². The van der Waals surface area contributed by atoms with Crippen LogP contribution in [0.15, 0.2) is 24.5 Å². The molecular weight excluding hydrogens is 274 g/mol. The fourth-order valence-electron chi connectivity index (χ4n) is 2.81. The number of aromatic nitrogens is 3.